The van der Waals surface area contributed by atoms with Crippen LogP contribution in [-0.2, 0) is 16.1 Å². The van der Waals surface area contributed by atoms with Crippen LogP contribution in [0.5, 0.6) is 11.5 Å². The van der Waals surface area contributed by atoms with E-state index in [0.29, 0.717) is 46.4 Å². The van der Waals surface area contributed by atoms with E-state index in [1.807, 2.05) is 49.4 Å². The zero-order valence-corrected chi connectivity index (χ0v) is 20.7. The molecule has 0 aliphatic carbocycles. The average Bonchev–Trinajstić information content (AvgIpc) is 2.88. The molecule has 1 amide bonds. The number of anilines is 2. The number of hydrogen-bond acceptors (Lipinski definition) is 8. The Balaban J connectivity index is 1.49. The smallest absolute Gasteiger partial charge is 0.246 e. The second-order valence-electron chi connectivity index (χ2n) is 7.92. The van der Waals surface area contributed by atoms with E-state index in [4.69, 9.17) is 25.8 Å². The highest BCUT2D eigenvalue weighted by Gasteiger charge is 2.14. The summed E-state index contributed by atoms with van der Waals surface area (Å²) in [5.41, 5.74) is 2.24. The molecule has 0 saturated heterocycles. The van der Waals surface area contributed by atoms with Crippen LogP contribution in [0.1, 0.15) is 12.6 Å². The maximum Gasteiger partial charge on any atom is 0.246 e. The first kappa shape index (κ1) is 25.2. The average molecular weight is 508 g/mol. The minimum Gasteiger partial charge on any atom is -0.488 e. The first-order chi connectivity index (χ1) is 17.5. The quantitative estimate of drug-likeness (QED) is 0.305. The molecule has 0 spiro atoms. The first-order valence-electron chi connectivity index (χ1n) is 11.3. The number of fused-ring (bicyclic) bond motifs is 1. The van der Waals surface area contributed by atoms with Gasteiger partial charge in [-0.2, -0.15) is 0 Å². The Hall–Kier alpha value is -3.95. The fourth-order valence-corrected chi connectivity index (χ4v) is 3.67. The highest BCUT2D eigenvalue weighted by Crippen LogP contribution is 2.34. The van der Waals surface area contributed by atoms with E-state index in [1.54, 1.807) is 18.3 Å². The lowest BCUT2D eigenvalue weighted by Gasteiger charge is -2.18. The lowest BCUT2D eigenvalue weighted by molar-refractivity contribution is -0.125. The molecule has 2 aromatic heterocycles. The van der Waals surface area contributed by atoms with Crippen LogP contribution in [0.2, 0.25) is 5.02 Å². The number of halogens is 1. The third-order valence-electron chi connectivity index (χ3n) is 5.11. The van der Waals surface area contributed by atoms with Crippen molar-refractivity contribution < 1.29 is 19.0 Å². The number of nitrogens with zero attached hydrogens (tertiary/aromatic N) is 3. The van der Waals surface area contributed by atoms with Crippen LogP contribution >= 0.6 is 11.6 Å². The maximum atomic E-state index is 11.7. The Labute approximate surface area is 213 Å². The van der Waals surface area contributed by atoms with E-state index in [0.717, 1.165) is 11.4 Å². The third-order valence-corrected chi connectivity index (χ3v) is 5.41. The molecule has 186 valence electrons. The number of methoxy groups -OCH3 is 1. The Morgan fingerprint density at radius 1 is 1.06 bits per heavy atom. The summed E-state index contributed by atoms with van der Waals surface area (Å²) in [6.45, 7) is 2.50. The van der Waals surface area contributed by atoms with Crippen molar-refractivity contribution in [3.05, 3.63) is 77.8 Å². The first-order valence-corrected chi connectivity index (χ1v) is 11.7. The summed E-state index contributed by atoms with van der Waals surface area (Å²) in [7, 11) is 1.47. The molecule has 0 fully saturated rings. The fraction of sp³-hybridized carbons (Fsp3) is 0.231. The topological polar surface area (TPSA) is 107 Å². The van der Waals surface area contributed by atoms with Crippen LogP contribution in [0.3, 0.4) is 0 Å². The summed E-state index contributed by atoms with van der Waals surface area (Å²) in [5, 5.41) is 7.23. The van der Waals surface area contributed by atoms with Gasteiger partial charge in [-0.05, 0) is 49.4 Å². The van der Waals surface area contributed by atoms with Crippen molar-refractivity contribution in [2.45, 2.75) is 19.6 Å². The van der Waals surface area contributed by atoms with Crippen molar-refractivity contribution in [3.8, 4) is 11.5 Å². The van der Waals surface area contributed by atoms with Gasteiger partial charge in [0.25, 0.3) is 0 Å². The van der Waals surface area contributed by atoms with E-state index in [2.05, 4.69) is 25.6 Å². The number of aromatic nitrogens is 3. The molecule has 9 nitrogen and oxygen atoms in total. The van der Waals surface area contributed by atoms with Crippen LogP contribution in [0, 0.1) is 0 Å². The van der Waals surface area contributed by atoms with Gasteiger partial charge in [-0.1, -0.05) is 23.7 Å². The molecule has 4 aromatic rings. The van der Waals surface area contributed by atoms with Crippen LogP contribution in [-0.4, -0.2) is 47.2 Å². The molecule has 0 radical (unpaired) electrons. The minimum atomic E-state index is -0.297. The molecule has 0 unspecified atom stereocenters. The minimum absolute atomic E-state index is 0.00156. The highest BCUT2D eigenvalue weighted by molar-refractivity contribution is 6.32. The second-order valence-corrected chi connectivity index (χ2v) is 8.33. The van der Waals surface area contributed by atoms with Gasteiger partial charge in [-0.15, -0.1) is 0 Å². The summed E-state index contributed by atoms with van der Waals surface area (Å²) in [6.07, 6.45) is 2.90. The number of amides is 1. The van der Waals surface area contributed by atoms with Gasteiger partial charge in [0, 0.05) is 19.0 Å². The van der Waals surface area contributed by atoms with Gasteiger partial charge in [0.1, 0.15) is 43.0 Å². The van der Waals surface area contributed by atoms with Crippen LogP contribution < -0.4 is 20.1 Å². The van der Waals surface area contributed by atoms with Crippen LogP contribution in [0.25, 0.3) is 10.9 Å². The molecule has 1 atom stereocenters. The Kier molecular flexibility index (Phi) is 8.48. The molecule has 0 aliphatic rings. The summed E-state index contributed by atoms with van der Waals surface area (Å²) in [5.74, 6) is 1.49. The van der Waals surface area contributed by atoms with Crippen molar-refractivity contribution in [2.75, 3.05) is 25.6 Å². The number of rotatable bonds is 11. The van der Waals surface area contributed by atoms with Gasteiger partial charge in [0.05, 0.1) is 28.2 Å². The number of ether oxygens (including phenoxy) is 3. The van der Waals surface area contributed by atoms with Crippen molar-refractivity contribution in [2.24, 2.45) is 0 Å². The number of carbonyl (C=O) groups excluding carboxylic acids is 1. The molecule has 10 heteroatoms. The molecule has 0 bridgehead atoms. The number of benzene rings is 2. The molecule has 2 heterocycles. The molecule has 0 aliphatic heterocycles. The van der Waals surface area contributed by atoms with E-state index in [-0.39, 0.29) is 18.6 Å². The molecule has 2 aromatic carbocycles. The normalized spacial score (nSPS) is 11.6. The lowest BCUT2D eigenvalue weighted by atomic mass is 10.2. The van der Waals surface area contributed by atoms with Gasteiger partial charge < -0.3 is 24.8 Å². The molecule has 36 heavy (non-hydrogen) atoms. The van der Waals surface area contributed by atoms with Crippen molar-refractivity contribution in [1.82, 2.24) is 20.3 Å². The van der Waals surface area contributed by atoms with E-state index < -0.39 is 0 Å². The Morgan fingerprint density at radius 2 is 1.94 bits per heavy atom. The largest absolute Gasteiger partial charge is 0.488 e. The van der Waals surface area contributed by atoms with Gasteiger partial charge in [0.2, 0.25) is 5.91 Å². The van der Waals surface area contributed by atoms with Crippen molar-refractivity contribution >= 4 is 39.9 Å². The predicted octanol–water partition coefficient (Wildman–Crippen LogP) is 4.53. The van der Waals surface area contributed by atoms with Gasteiger partial charge in [-0.3, -0.25) is 9.78 Å². The van der Waals surface area contributed by atoms with Gasteiger partial charge in [-0.25, -0.2) is 9.97 Å². The maximum absolute atomic E-state index is 11.7. The van der Waals surface area contributed by atoms with Crippen LogP contribution in [0.4, 0.5) is 11.5 Å². The lowest BCUT2D eigenvalue weighted by Crippen LogP contribution is -2.35. The summed E-state index contributed by atoms with van der Waals surface area (Å²) in [6, 6.07) is 16.6. The zero-order chi connectivity index (χ0) is 25.3. The molecular formula is C26H26ClN5O4. The predicted molar refractivity (Wildman–Crippen MR) is 138 cm³/mol. The summed E-state index contributed by atoms with van der Waals surface area (Å²) < 4.78 is 16.8. The zero-order valence-electron chi connectivity index (χ0n) is 19.9. The molecule has 2 N–H and O–H groups in total. The van der Waals surface area contributed by atoms with E-state index >= 15 is 0 Å². The number of carbonyl (C=O) groups is 1. The molecule has 4 rings (SSSR count). The van der Waals surface area contributed by atoms with E-state index in [9.17, 15) is 4.79 Å². The molecular weight excluding hydrogens is 482 g/mol. The monoisotopic (exact) mass is 507 g/mol. The third kappa shape index (κ3) is 6.59. The number of pyridine rings is 1. The van der Waals surface area contributed by atoms with Crippen molar-refractivity contribution in [1.29, 1.82) is 0 Å². The Morgan fingerprint density at radius 3 is 2.72 bits per heavy atom. The molecule has 0 saturated carbocycles. The number of nitrogens with one attached hydrogen (secondary N) is 2. The SMILES string of the molecule is COCC(=O)NC[C@H](C)Oc1cccc2ncnc(Nc3ccc(OCc4ccccn4)c(Cl)c3)c12. The summed E-state index contributed by atoms with van der Waals surface area (Å²) in [4.78, 5) is 24.7. The van der Waals surface area contributed by atoms with Gasteiger partial charge in [0.15, 0.2) is 0 Å². The standard InChI is InChI=1S/C26H26ClN5O4/c1-17(13-29-24(33)15-34-2)36-23-8-5-7-21-25(23)26(31-16-30-21)32-18-9-10-22(20(27)12-18)35-14-19-6-3-4-11-28-19/h3-12,16-17H,13-15H2,1-2H3,(H,29,33)(H,30,31,32)/t17-/m0/s1. The fourth-order valence-electron chi connectivity index (χ4n) is 3.44. The Bertz CT molecular complexity index is 1320. The van der Waals surface area contributed by atoms with Gasteiger partial charge >= 0.3 is 0 Å². The highest BCUT2D eigenvalue weighted by atomic mass is 35.5. The van der Waals surface area contributed by atoms with Crippen molar-refractivity contribution in [3.63, 3.8) is 0 Å². The van der Waals surface area contributed by atoms with E-state index in [1.165, 1.54) is 13.4 Å². The van der Waals surface area contributed by atoms with Crippen LogP contribution in [0.15, 0.2) is 67.1 Å². The summed E-state index contributed by atoms with van der Waals surface area (Å²) >= 11 is 6.48. The number of hydrogen-bond donors (Lipinski definition) is 2. The second kappa shape index (κ2) is 12.1.